The number of nitrogens with two attached hydrogens (primary N) is 3. The van der Waals surface area contributed by atoms with Crippen molar-refractivity contribution < 1.29 is 26.3 Å². The fourth-order valence-corrected chi connectivity index (χ4v) is 6.59. The predicted octanol–water partition coefficient (Wildman–Crippen LogP) is 3.33. The van der Waals surface area contributed by atoms with Crippen LogP contribution < -0.4 is 32.6 Å². The molecule has 4 rings (SSSR count). The molecule has 2 aromatic heterocycles. The zero-order chi connectivity index (χ0) is 33.6. The Balaban J connectivity index is 1.70. The van der Waals surface area contributed by atoms with Crippen LogP contribution in [0.25, 0.3) is 21.8 Å². The van der Waals surface area contributed by atoms with E-state index >= 15 is 4.39 Å². The molecule has 9 N–H and O–H groups in total. The molecular weight excluding hydrogens is 644 g/mol. The van der Waals surface area contributed by atoms with E-state index in [1.165, 1.54) is 29.7 Å². The van der Waals surface area contributed by atoms with Gasteiger partial charge in [-0.05, 0) is 30.3 Å². The van der Waals surface area contributed by atoms with Crippen LogP contribution in [0.4, 0.5) is 24.8 Å². The van der Waals surface area contributed by atoms with Crippen LogP contribution in [0.5, 0.6) is 0 Å². The van der Waals surface area contributed by atoms with Crippen LogP contribution >= 0.6 is 11.3 Å². The number of hydrogen-bond acceptors (Lipinski definition) is 12. The van der Waals surface area contributed by atoms with Crippen molar-refractivity contribution in [3.05, 3.63) is 71.1 Å². The average Bonchev–Trinajstić information content (AvgIpc) is 3.46. The van der Waals surface area contributed by atoms with Gasteiger partial charge in [0.1, 0.15) is 17.9 Å². The highest BCUT2D eigenvalue weighted by Crippen LogP contribution is 2.42. The largest absolute Gasteiger partial charge is 0.353 e. The molecule has 2 heterocycles. The minimum atomic E-state index is -4.83. The zero-order valence-electron chi connectivity index (χ0n) is 25.4. The number of nitrogens with zero attached hydrogens (tertiary/aromatic N) is 3. The molecule has 0 fully saturated rings. The van der Waals surface area contributed by atoms with Crippen LogP contribution in [0.15, 0.2) is 53.6 Å². The molecule has 1 unspecified atom stereocenters. The Labute approximate surface area is 269 Å². The van der Waals surface area contributed by atoms with Gasteiger partial charge in [-0.3, -0.25) is 10.0 Å². The maximum atomic E-state index is 16.1. The van der Waals surface area contributed by atoms with E-state index in [0.717, 1.165) is 24.3 Å². The van der Waals surface area contributed by atoms with E-state index < -0.39 is 49.7 Å². The maximum Gasteiger partial charge on any atom is 0.267 e. The summed E-state index contributed by atoms with van der Waals surface area (Å²) in [5.41, 5.74) is 16.7. The molecule has 46 heavy (non-hydrogen) atoms. The van der Waals surface area contributed by atoms with Gasteiger partial charge in [0.05, 0.1) is 33.7 Å². The highest BCUT2D eigenvalue weighted by atomic mass is 32.2. The van der Waals surface area contributed by atoms with Crippen molar-refractivity contribution in [2.75, 3.05) is 36.4 Å². The Hall–Kier alpha value is -3.71. The third kappa shape index (κ3) is 8.16. The second-order valence-electron chi connectivity index (χ2n) is 11.1. The van der Waals surface area contributed by atoms with Gasteiger partial charge in [0.2, 0.25) is 5.95 Å². The SMILES string of the molecule is CC(C)(C)c1nc(-c2cccc(NS(=O)(=O)c3c(F)cccc3F)c2F)c(-c2ccnc(NC[C@H](CN)NC(CN)OCN)n2)s1. The Morgan fingerprint density at radius 1 is 0.978 bits per heavy atom. The van der Waals surface area contributed by atoms with Crippen molar-refractivity contribution >= 4 is 33.0 Å². The first-order valence-electron chi connectivity index (χ1n) is 14.1. The van der Waals surface area contributed by atoms with Gasteiger partial charge >= 0.3 is 0 Å². The number of anilines is 2. The molecule has 12 nitrogen and oxygen atoms in total. The number of ether oxygens (including phenoxy) is 1. The molecule has 248 valence electrons. The molecular formula is C29H36F3N9O3S2. The molecule has 0 saturated heterocycles. The van der Waals surface area contributed by atoms with Gasteiger partial charge < -0.3 is 27.3 Å². The van der Waals surface area contributed by atoms with Gasteiger partial charge in [-0.25, -0.2) is 36.5 Å². The van der Waals surface area contributed by atoms with Crippen molar-refractivity contribution in [2.45, 2.75) is 43.4 Å². The quantitative estimate of drug-likeness (QED) is 0.107. The second kappa shape index (κ2) is 14.8. The highest BCUT2D eigenvalue weighted by Gasteiger charge is 2.29. The first-order chi connectivity index (χ1) is 21.8. The molecule has 0 bridgehead atoms. The normalized spacial score (nSPS) is 13.4. The first-order valence-corrected chi connectivity index (χ1v) is 16.4. The third-order valence-corrected chi connectivity index (χ3v) is 9.49. The number of sulfonamides is 1. The Kier molecular flexibility index (Phi) is 11.3. The van der Waals surface area contributed by atoms with E-state index in [4.69, 9.17) is 26.9 Å². The summed E-state index contributed by atoms with van der Waals surface area (Å²) in [6, 6.07) is 7.97. The summed E-state index contributed by atoms with van der Waals surface area (Å²) in [4.78, 5) is 12.9. The van der Waals surface area contributed by atoms with Gasteiger partial charge in [-0.2, -0.15) is 0 Å². The molecule has 0 aliphatic rings. The minimum Gasteiger partial charge on any atom is -0.353 e. The second-order valence-corrected chi connectivity index (χ2v) is 13.7. The number of hydrogen-bond donors (Lipinski definition) is 6. The number of rotatable bonds is 14. The van der Waals surface area contributed by atoms with E-state index in [9.17, 15) is 17.2 Å². The van der Waals surface area contributed by atoms with Crippen LogP contribution in [0.2, 0.25) is 0 Å². The van der Waals surface area contributed by atoms with Crippen LogP contribution in [0.1, 0.15) is 25.8 Å². The van der Waals surface area contributed by atoms with Crippen molar-refractivity contribution in [3.63, 3.8) is 0 Å². The number of halogens is 3. The van der Waals surface area contributed by atoms with E-state index in [1.807, 2.05) is 25.5 Å². The monoisotopic (exact) mass is 679 g/mol. The lowest BCUT2D eigenvalue weighted by molar-refractivity contribution is 0.0331. The van der Waals surface area contributed by atoms with Crippen LogP contribution in [-0.4, -0.2) is 62.0 Å². The Morgan fingerprint density at radius 3 is 2.30 bits per heavy atom. The summed E-state index contributed by atoms with van der Waals surface area (Å²) >= 11 is 1.29. The van der Waals surface area contributed by atoms with Crippen LogP contribution in [-0.2, 0) is 20.2 Å². The molecule has 0 spiro atoms. The van der Waals surface area contributed by atoms with Crippen LogP contribution in [0.3, 0.4) is 0 Å². The molecule has 0 saturated carbocycles. The number of aromatic nitrogens is 3. The lowest BCUT2D eigenvalue weighted by atomic mass is 9.98. The van der Waals surface area contributed by atoms with E-state index in [0.29, 0.717) is 22.1 Å². The van der Waals surface area contributed by atoms with Crippen LogP contribution in [0, 0.1) is 17.5 Å². The fraction of sp³-hybridized carbons (Fsp3) is 0.345. The van der Waals surface area contributed by atoms with Gasteiger partial charge in [0.15, 0.2) is 10.7 Å². The smallest absolute Gasteiger partial charge is 0.267 e. The van der Waals surface area contributed by atoms with Gasteiger partial charge in [0.25, 0.3) is 10.0 Å². The van der Waals surface area contributed by atoms with Gasteiger partial charge in [-0.15, -0.1) is 11.3 Å². The molecule has 0 aliphatic carbocycles. The Bertz CT molecular complexity index is 1750. The molecule has 0 amide bonds. The number of nitrogens with one attached hydrogen (secondary N) is 3. The van der Waals surface area contributed by atoms with Gasteiger partial charge in [0, 0.05) is 42.9 Å². The van der Waals surface area contributed by atoms with Crippen molar-refractivity contribution in [1.29, 1.82) is 0 Å². The summed E-state index contributed by atoms with van der Waals surface area (Å²) in [5, 5.41) is 6.94. The topological polar surface area (TPSA) is 196 Å². The summed E-state index contributed by atoms with van der Waals surface area (Å²) in [7, 11) is -4.83. The molecule has 0 radical (unpaired) electrons. The maximum absolute atomic E-state index is 16.1. The minimum absolute atomic E-state index is 0.0159. The zero-order valence-corrected chi connectivity index (χ0v) is 27.0. The summed E-state index contributed by atoms with van der Waals surface area (Å²) < 4.78 is 77.8. The van der Waals surface area contributed by atoms with Crippen molar-refractivity contribution in [3.8, 4) is 21.8 Å². The van der Waals surface area contributed by atoms with E-state index in [2.05, 4.69) is 20.6 Å². The molecule has 0 aliphatic heterocycles. The molecule has 2 aromatic carbocycles. The lowest BCUT2D eigenvalue weighted by Gasteiger charge is -2.23. The number of thiazole rings is 1. The molecule has 4 aromatic rings. The highest BCUT2D eigenvalue weighted by molar-refractivity contribution is 7.92. The third-order valence-electron chi connectivity index (χ3n) is 6.57. The summed E-state index contributed by atoms with van der Waals surface area (Å²) in [6.07, 6.45) is 1.03. The van der Waals surface area contributed by atoms with Gasteiger partial charge in [-0.1, -0.05) is 32.9 Å². The molecule has 2 atom stereocenters. The standard InChI is InChI=1S/C29H36F3N9O3S2/c1-29(2,3)27-40-24(17-6-4-9-20(23(17)32)41-46(42,43)26-18(30)7-5-8-19(26)31)25(45-27)21-10-11-36-28(39-21)37-14-16(12-33)38-22(13-34)44-15-35/h4-11,16,22,38,41H,12-15,33-35H2,1-3H3,(H,36,37,39)/t16-,22?/m0/s1. The fourth-order valence-electron chi connectivity index (χ4n) is 4.28. The summed E-state index contributed by atoms with van der Waals surface area (Å²) in [6.45, 7) is 6.55. The van der Waals surface area contributed by atoms with Crippen molar-refractivity contribution in [2.24, 2.45) is 17.2 Å². The number of benzene rings is 2. The average molecular weight is 680 g/mol. The predicted molar refractivity (Wildman–Crippen MR) is 172 cm³/mol. The summed E-state index contributed by atoms with van der Waals surface area (Å²) in [5.74, 6) is -3.36. The lowest BCUT2D eigenvalue weighted by Crippen LogP contribution is -2.51. The molecule has 17 heteroatoms. The Morgan fingerprint density at radius 2 is 1.67 bits per heavy atom. The van der Waals surface area contributed by atoms with E-state index in [-0.39, 0.29) is 43.1 Å². The first kappa shape index (κ1) is 35.1. The van der Waals surface area contributed by atoms with Crippen molar-refractivity contribution in [1.82, 2.24) is 20.3 Å². The van der Waals surface area contributed by atoms with E-state index in [1.54, 1.807) is 6.07 Å².